The highest BCUT2D eigenvalue weighted by atomic mass is 16.3. The molecule has 0 atom stereocenters. The number of aromatic nitrogens is 1. The van der Waals surface area contributed by atoms with E-state index >= 15 is 0 Å². The second-order valence-corrected chi connectivity index (χ2v) is 4.79. The minimum absolute atomic E-state index is 0.538. The summed E-state index contributed by atoms with van der Waals surface area (Å²) >= 11 is 0. The van der Waals surface area contributed by atoms with Gasteiger partial charge in [-0.1, -0.05) is 30.3 Å². The average Bonchev–Trinajstić information content (AvgIpc) is 3.13. The van der Waals surface area contributed by atoms with E-state index in [9.17, 15) is 5.26 Å². The summed E-state index contributed by atoms with van der Waals surface area (Å²) in [6, 6.07) is 16.0. The largest absolute Gasteiger partial charge is 0.467 e. The Bertz CT molecular complexity index is 764. The molecular weight excluding hydrogens is 262 g/mol. The number of H-pyrrole nitrogens is 1. The normalized spacial score (nSPS) is 10.3. The summed E-state index contributed by atoms with van der Waals surface area (Å²) < 4.78 is 5.29. The van der Waals surface area contributed by atoms with Crippen LogP contribution in [0, 0.1) is 18.3 Å². The van der Waals surface area contributed by atoms with E-state index in [1.165, 1.54) is 0 Å². The quantitative estimate of drug-likeness (QED) is 0.755. The number of nitriles is 1. The smallest absolute Gasteiger partial charge is 0.122 e. The van der Waals surface area contributed by atoms with Gasteiger partial charge < -0.3 is 14.7 Å². The fourth-order valence-electron chi connectivity index (χ4n) is 2.35. The molecule has 0 fully saturated rings. The number of aromatic amines is 1. The highest BCUT2D eigenvalue weighted by molar-refractivity contribution is 5.73. The maximum Gasteiger partial charge on any atom is 0.122 e. The first-order chi connectivity index (χ1) is 10.3. The zero-order valence-corrected chi connectivity index (χ0v) is 11.7. The summed E-state index contributed by atoms with van der Waals surface area (Å²) in [4.78, 5) is 3.30. The minimum Gasteiger partial charge on any atom is -0.467 e. The Morgan fingerprint density at radius 1 is 1.19 bits per heavy atom. The minimum atomic E-state index is 0.538. The number of anilines is 1. The topological polar surface area (TPSA) is 64.8 Å². The van der Waals surface area contributed by atoms with E-state index in [-0.39, 0.29) is 0 Å². The van der Waals surface area contributed by atoms with Crippen molar-refractivity contribution in [3.8, 4) is 17.3 Å². The summed E-state index contributed by atoms with van der Waals surface area (Å²) in [5, 5.41) is 12.6. The molecule has 2 N–H and O–H groups in total. The van der Waals surface area contributed by atoms with Gasteiger partial charge in [0.15, 0.2) is 0 Å². The number of furan rings is 1. The maximum atomic E-state index is 9.38. The molecule has 0 unspecified atom stereocenters. The Hall–Kier alpha value is -2.93. The van der Waals surface area contributed by atoms with Crippen molar-refractivity contribution in [3.63, 3.8) is 0 Å². The van der Waals surface area contributed by atoms with Crippen LogP contribution in [0.15, 0.2) is 53.1 Å². The predicted molar refractivity (Wildman–Crippen MR) is 81.7 cm³/mol. The number of benzene rings is 1. The zero-order valence-electron chi connectivity index (χ0n) is 11.7. The van der Waals surface area contributed by atoms with Crippen LogP contribution >= 0.6 is 0 Å². The number of nitrogens with zero attached hydrogens (tertiary/aromatic N) is 1. The van der Waals surface area contributed by atoms with Gasteiger partial charge >= 0.3 is 0 Å². The molecule has 0 saturated heterocycles. The van der Waals surface area contributed by atoms with Gasteiger partial charge in [0.25, 0.3) is 0 Å². The molecule has 2 aromatic heterocycles. The van der Waals surface area contributed by atoms with Crippen molar-refractivity contribution in [1.29, 1.82) is 5.26 Å². The highest BCUT2D eigenvalue weighted by Gasteiger charge is 2.15. The summed E-state index contributed by atoms with van der Waals surface area (Å²) in [6.07, 6.45) is 1.64. The molecule has 104 valence electrons. The number of hydrogen-bond acceptors (Lipinski definition) is 3. The molecule has 3 aromatic rings. The van der Waals surface area contributed by atoms with Gasteiger partial charge in [0.1, 0.15) is 17.6 Å². The Kier molecular flexibility index (Phi) is 3.48. The lowest BCUT2D eigenvalue weighted by atomic mass is 10.1. The molecule has 0 radical (unpaired) electrons. The van der Waals surface area contributed by atoms with Crippen molar-refractivity contribution in [2.75, 3.05) is 5.32 Å². The molecule has 0 spiro atoms. The Balaban J connectivity index is 1.92. The Morgan fingerprint density at radius 3 is 2.67 bits per heavy atom. The van der Waals surface area contributed by atoms with E-state index in [0.717, 1.165) is 28.4 Å². The summed E-state index contributed by atoms with van der Waals surface area (Å²) in [5.74, 6) is 1.55. The molecule has 1 aromatic carbocycles. The molecule has 3 rings (SSSR count). The molecule has 0 aliphatic heterocycles. The summed E-state index contributed by atoms with van der Waals surface area (Å²) in [5.41, 5.74) is 3.62. The summed E-state index contributed by atoms with van der Waals surface area (Å²) in [6.45, 7) is 2.49. The highest BCUT2D eigenvalue weighted by Crippen LogP contribution is 2.30. The van der Waals surface area contributed by atoms with Gasteiger partial charge in [0.05, 0.1) is 24.1 Å². The van der Waals surface area contributed by atoms with Crippen LogP contribution < -0.4 is 5.32 Å². The van der Waals surface area contributed by atoms with Gasteiger partial charge in [-0.25, -0.2) is 0 Å². The zero-order chi connectivity index (χ0) is 14.7. The monoisotopic (exact) mass is 277 g/mol. The molecule has 21 heavy (non-hydrogen) atoms. The Morgan fingerprint density at radius 2 is 2.00 bits per heavy atom. The summed E-state index contributed by atoms with van der Waals surface area (Å²) in [7, 11) is 0. The second kappa shape index (κ2) is 5.59. The number of rotatable bonds is 4. The maximum absolute atomic E-state index is 9.38. The van der Waals surface area contributed by atoms with E-state index in [0.29, 0.717) is 12.1 Å². The van der Waals surface area contributed by atoms with Crippen molar-refractivity contribution in [3.05, 3.63) is 65.6 Å². The van der Waals surface area contributed by atoms with Crippen LogP contribution in [0.1, 0.15) is 16.9 Å². The van der Waals surface area contributed by atoms with E-state index in [1.54, 1.807) is 6.26 Å². The van der Waals surface area contributed by atoms with Gasteiger partial charge in [0.2, 0.25) is 0 Å². The lowest BCUT2D eigenvalue weighted by Crippen LogP contribution is -2.00. The van der Waals surface area contributed by atoms with Gasteiger partial charge in [0, 0.05) is 0 Å². The van der Waals surface area contributed by atoms with E-state index in [1.807, 2.05) is 49.4 Å². The van der Waals surface area contributed by atoms with Crippen molar-refractivity contribution in [1.82, 2.24) is 4.98 Å². The third-order valence-corrected chi connectivity index (χ3v) is 3.44. The van der Waals surface area contributed by atoms with Gasteiger partial charge in [-0.15, -0.1) is 0 Å². The van der Waals surface area contributed by atoms with E-state index < -0.39 is 0 Å². The van der Waals surface area contributed by atoms with Gasteiger partial charge in [-0.05, 0) is 30.2 Å². The second-order valence-electron chi connectivity index (χ2n) is 4.79. The third kappa shape index (κ3) is 2.54. The molecule has 0 amide bonds. The van der Waals surface area contributed by atoms with Crippen molar-refractivity contribution < 1.29 is 4.42 Å². The molecular formula is C17H15N3O. The van der Waals surface area contributed by atoms with Crippen LogP contribution in [0.25, 0.3) is 11.3 Å². The average molecular weight is 277 g/mol. The van der Waals surface area contributed by atoms with E-state index in [4.69, 9.17) is 4.42 Å². The van der Waals surface area contributed by atoms with Gasteiger partial charge in [-0.2, -0.15) is 5.26 Å². The molecule has 4 nitrogen and oxygen atoms in total. The van der Waals surface area contributed by atoms with Crippen molar-refractivity contribution in [2.24, 2.45) is 0 Å². The SMILES string of the molecule is Cc1c(-c2ccccc2)[nH]c(NCc2ccco2)c1C#N. The molecule has 2 heterocycles. The standard InChI is InChI=1S/C17H15N3O/c1-12-15(10-18)17(19-11-14-8-5-9-21-14)20-16(12)13-6-3-2-4-7-13/h2-9,19-20H,11H2,1H3. The number of nitrogens with one attached hydrogen (secondary N) is 2. The third-order valence-electron chi connectivity index (χ3n) is 3.44. The molecule has 0 aliphatic rings. The first-order valence-corrected chi connectivity index (χ1v) is 6.74. The number of hydrogen-bond donors (Lipinski definition) is 2. The predicted octanol–water partition coefficient (Wildman–Crippen LogP) is 4.07. The van der Waals surface area contributed by atoms with Crippen molar-refractivity contribution in [2.45, 2.75) is 13.5 Å². The van der Waals surface area contributed by atoms with Crippen LogP contribution in [0.2, 0.25) is 0 Å². The van der Waals surface area contributed by atoms with Crippen LogP contribution in [-0.2, 0) is 6.54 Å². The van der Waals surface area contributed by atoms with Crippen LogP contribution in [0.5, 0.6) is 0 Å². The first-order valence-electron chi connectivity index (χ1n) is 6.74. The van der Waals surface area contributed by atoms with Crippen molar-refractivity contribution >= 4 is 5.82 Å². The van der Waals surface area contributed by atoms with Crippen LogP contribution in [0.4, 0.5) is 5.82 Å². The van der Waals surface area contributed by atoms with Crippen LogP contribution in [0.3, 0.4) is 0 Å². The lowest BCUT2D eigenvalue weighted by Gasteiger charge is -2.02. The molecule has 4 heteroatoms. The molecule has 0 aliphatic carbocycles. The fraction of sp³-hybridized carbons (Fsp3) is 0.118. The Labute approximate surface area is 123 Å². The van der Waals surface area contributed by atoms with E-state index in [2.05, 4.69) is 16.4 Å². The molecule has 0 saturated carbocycles. The van der Waals surface area contributed by atoms with Crippen LogP contribution in [-0.4, -0.2) is 4.98 Å². The van der Waals surface area contributed by atoms with Gasteiger partial charge in [-0.3, -0.25) is 0 Å². The fourth-order valence-corrected chi connectivity index (χ4v) is 2.35. The lowest BCUT2D eigenvalue weighted by molar-refractivity contribution is 0.518. The first kappa shape index (κ1) is 13.1. The molecule has 0 bridgehead atoms.